The lowest BCUT2D eigenvalue weighted by Crippen LogP contribution is -2.18. The lowest BCUT2D eigenvalue weighted by atomic mass is 10.1. The average molecular weight is 310 g/mol. The number of para-hydroxylation sites is 1. The Balaban J connectivity index is 1.90. The number of nitrogens with one attached hydrogen (secondary N) is 1. The fourth-order valence-electron chi connectivity index (χ4n) is 2.80. The first-order valence-corrected chi connectivity index (χ1v) is 7.44. The van der Waals surface area contributed by atoms with Crippen molar-refractivity contribution in [1.82, 2.24) is 10.0 Å². The van der Waals surface area contributed by atoms with Crippen LogP contribution >= 0.6 is 0 Å². The summed E-state index contributed by atoms with van der Waals surface area (Å²) in [5.41, 5.74) is 5.33. The minimum Gasteiger partial charge on any atom is -0.396 e. The first kappa shape index (κ1) is 15.3. The molecular weight excluding hydrogens is 292 g/mol. The van der Waals surface area contributed by atoms with Crippen molar-refractivity contribution in [1.29, 1.82) is 0 Å². The summed E-state index contributed by atoms with van der Waals surface area (Å²) in [6.45, 7) is 0.798. The molecule has 23 heavy (non-hydrogen) atoms. The van der Waals surface area contributed by atoms with Crippen molar-refractivity contribution in [2.75, 3.05) is 6.61 Å². The van der Waals surface area contributed by atoms with Crippen LogP contribution in [-0.4, -0.2) is 27.4 Å². The van der Waals surface area contributed by atoms with Gasteiger partial charge in [-0.05, 0) is 35.7 Å². The van der Waals surface area contributed by atoms with Crippen molar-refractivity contribution in [2.24, 2.45) is 0 Å². The molecule has 0 radical (unpaired) electrons. The van der Waals surface area contributed by atoms with E-state index in [1.54, 1.807) is 17.6 Å². The van der Waals surface area contributed by atoms with Crippen LogP contribution in [0.4, 0.5) is 0 Å². The van der Waals surface area contributed by atoms with Crippen LogP contribution in [0, 0.1) is 0 Å². The number of hydroxylamine groups is 1. The van der Waals surface area contributed by atoms with Crippen LogP contribution in [0.5, 0.6) is 0 Å². The van der Waals surface area contributed by atoms with E-state index in [9.17, 15) is 9.90 Å². The minimum absolute atomic E-state index is 0.124. The summed E-state index contributed by atoms with van der Waals surface area (Å²) in [6, 6.07) is 15.2. The molecule has 0 aliphatic carbocycles. The van der Waals surface area contributed by atoms with Crippen LogP contribution in [0.2, 0.25) is 0 Å². The zero-order valence-electron chi connectivity index (χ0n) is 12.6. The van der Waals surface area contributed by atoms with Gasteiger partial charge in [0.1, 0.15) is 0 Å². The number of fused-ring (bicyclic) bond motifs is 1. The topological polar surface area (TPSA) is 74.5 Å². The third-order valence-corrected chi connectivity index (χ3v) is 3.92. The molecule has 0 spiro atoms. The second kappa shape index (κ2) is 6.64. The maximum Gasteiger partial charge on any atom is 0.274 e. The molecule has 0 unspecified atom stereocenters. The Morgan fingerprint density at radius 1 is 1.09 bits per heavy atom. The number of aliphatic hydroxyl groups excluding tert-OH is 1. The number of carbonyl (C=O) groups excluding carboxylic acids is 1. The van der Waals surface area contributed by atoms with Gasteiger partial charge in [-0.2, -0.15) is 0 Å². The number of benzene rings is 2. The van der Waals surface area contributed by atoms with Gasteiger partial charge in [0.05, 0.1) is 0 Å². The molecule has 3 aromatic rings. The van der Waals surface area contributed by atoms with E-state index >= 15 is 0 Å². The first-order chi connectivity index (χ1) is 11.2. The predicted molar refractivity (Wildman–Crippen MR) is 87.5 cm³/mol. The van der Waals surface area contributed by atoms with Gasteiger partial charge in [0.15, 0.2) is 0 Å². The molecule has 0 bridgehead atoms. The van der Waals surface area contributed by atoms with Gasteiger partial charge in [-0.15, -0.1) is 0 Å². The van der Waals surface area contributed by atoms with E-state index in [0.717, 1.165) is 22.0 Å². The van der Waals surface area contributed by atoms with Gasteiger partial charge in [0.2, 0.25) is 0 Å². The van der Waals surface area contributed by atoms with Gasteiger partial charge in [-0.1, -0.05) is 30.3 Å². The number of rotatable bonds is 5. The third kappa shape index (κ3) is 3.11. The standard InChI is InChI=1S/C18H18N2O3/c21-10-9-15-12-20(17-4-2-1-3-16(15)17)11-13-5-7-14(8-6-13)18(22)19-23/h1-8,12,21,23H,9-11H2,(H,19,22). The normalized spacial score (nSPS) is 10.9. The van der Waals surface area contributed by atoms with Crippen LogP contribution in [0.25, 0.3) is 10.9 Å². The van der Waals surface area contributed by atoms with Crippen LogP contribution < -0.4 is 5.48 Å². The summed E-state index contributed by atoms with van der Waals surface area (Å²) in [4.78, 5) is 11.3. The van der Waals surface area contributed by atoms with Gasteiger partial charge in [-0.3, -0.25) is 10.0 Å². The van der Waals surface area contributed by atoms with Crippen molar-refractivity contribution < 1.29 is 15.1 Å². The number of aromatic nitrogens is 1. The molecule has 0 saturated carbocycles. The summed E-state index contributed by atoms with van der Waals surface area (Å²) in [6.07, 6.45) is 2.69. The molecule has 1 aromatic heterocycles. The lowest BCUT2D eigenvalue weighted by Gasteiger charge is -2.06. The zero-order chi connectivity index (χ0) is 16.2. The maximum absolute atomic E-state index is 11.3. The quantitative estimate of drug-likeness (QED) is 0.500. The molecule has 0 aliphatic heterocycles. The van der Waals surface area contributed by atoms with Crippen molar-refractivity contribution in [3.63, 3.8) is 0 Å². The summed E-state index contributed by atoms with van der Waals surface area (Å²) >= 11 is 0. The van der Waals surface area contributed by atoms with E-state index in [1.165, 1.54) is 0 Å². The van der Waals surface area contributed by atoms with Crippen molar-refractivity contribution in [3.05, 3.63) is 71.4 Å². The van der Waals surface area contributed by atoms with Gasteiger partial charge in [-0.25, -0.2) is 5.48 Å². The largest absolute Gasteiger partial charge is 0.396 e. The number of hydrogen-bond donors (Lipinski definition) is 3. The smallest absolute Gasteiger partial charge is 0.274 e. The Labute approximate surface area is 133 Å². The Hall–Kier alpha value is -2.63. The molecule has 2 aromatic carbocycles. The molecule has 0 aliphatic rings. The summed E-state index contributed by atoms with van der Waals surface area (Å²) < 4.78 is 2.14. The molecule has 1 amide bonds. The molecular formula is C18H18N2O3. The van der Waals surface area contributed by atoms with Crippen molar-refractivity contribution in [2.45, 2.75) is 13.0 Å². The number of amides is 1. The van der Waals surface area contributed by atoms with Crippen LogP contribution in [0.15, 0.2) is 54.7 Å². The molecule has 118 valence electrons. The maximum atomic E-state index is 11.3. The summed E-state index contributed by atoms with van der Waals surface area (Å²) in [7, 11) is 0. The molecule has 0 saturated heterocycles. The minimum atomic E-state index is -0.520. The fourth-order valence-corrected chi connectivity index (χ4v) is 2.80. The Morgan fingerprint density at radius 3 is 2.52 bits per heavy atom. The zero-order valence-corrected chi connectivity index (χ0v) is 12.6. The highest BCUT2D eigenvalue weighted by Crippen LogP contribution is 2.23. The van der Waals surface area contributed by atoms with E-state index < -0.39 is 5.91 Å². The average Bonchev–Trinajstić information content (AvgIpc) is 2.93. The van der Waals surface area contributed by atoms with Crippen molar-refractivity contribution >= 4 is 16.8 Å². The number of aliphatic hydroxyl groups is 1. The van der Waals surface area contributed by atoms with Crippen LogP contribution in [-0.2, 0) is 13.0 Å². The van der Waals surface area contributed by atoms with E-state index in [2.05, 4.69) is 22.9 Å². The molecule has 3 N–H and O–H groups in total. The number of hydrogen-bond acceptors (Lipinski definition) is 3. The highest BCUT2D eigenvalue weighted by atomic mass is 16.5. The SMILES string of the molecule is O=C(NO)c1ccc(Cn2cc(CCO)c3ccccc32)cc1. The van der Waals surface area contributed by atoms with Gasteiger partial charge >= 0.3 is 0 Å². The summed E-state index contributed by atoms with van der Waals surface area (Å²) in [5, 5.41) is 19.0. The molecule has 0 atom stereocenters. The highest BCUT2D eigenvalue weighted by Gasteiger charge is 2.09. The van der Waals surface area contributed by atoms with Gasteiger partial charge in [0.25, 0.3) is 5.91 Å². The second-order valence-electron chi connectivity index (χ2n) is 5.41. The van der Waals surface area contributed by atoms with Gasteiger partial charge in [0, 0.05) is 35.8 Å². The van der Waals surface area contributed by atoms with Crippen LogP contribution in [0.3, 0.4) is 0 Å². The Morgan fingerprint density at radius 2 is 1.83 bits per heavy atom. The second-order valence-corrected chi connectivity index (χ2v) is 5.41. The van der Waals surface area contributed by atoms with Gasteiger partial charge < -0.3 is 9.67 Å². The number of nitrogens with zero attached hydrogens (tertiary/aromatic N) is 1. The van der Waals surface area contributed by atoms with Crippen LogP contribution in [0.1, 0.15) is 21.5 Å². The summed E-state index contributed by atoms with van der Waals surface area (Å²) in [5.74, 6) is -0.520. The van der Waals surface area contributed by atoms with E-state index in [-0.39, 0.29) is 6.61 Å². The Kier molecular flexibility index (Phi) is 4.41. The van der Waals surface area contributed by atoms with Crippen molar-refractivity contribution in [3.8, 4) is 0 Å². The van der Waals surface area contributed by atoms with E-state index in [1.807, 2.05) is 24.3 Å². The molecule has 3 rings (SSSR count). The number of carbonyl (C=O) groups is 1. The fraction of sp³-hybridized carbons (Fsp3) is 0.167. The highest BCUT2D eigenvalue weighted by molar-refractivity contribution is 5.93. The van der Waals surface area contributed by atoms with E-state index in [4.69, 9.17) is 5.21 Å². The molecule has 0 fully saturated rings. The third-order valence-electron chi connectivity index (χ3n) is 3.92. The molecule has 5 nitrogen and oxygen atoms in total. The lowest BCUT2D eigenvalue weighted by molar-refractivity contribution is 0.0706. The first-order valence-electron chi connectivity index (χ1n) is 7.44. The Bertz CT molecular complexity index is 822. The molecule has 5 heteroatoms. The predicted octanol–water partition coefficient (Wildman–Crippen LogP) is 2.34. The molecule has 1 heterocycles. The van der Waals surface area contributed by atoms with E-state index in [0.29, 0.717) is 18.5 Å². The monoisotopic (exact) mass is 310 g/mol.